The maximum Gasteiger partial charge on any atom is 0.337 e. The number of anilines is 1. The number of hydrogen-bond acceptors (Lipinski definition) is 4. The van der Waals surface area contributed by atoms with Gasteiger partial charge in [0.15, 0.2) is 0 Å². The Morgan fingerprint density at radius 2 is 1.81 bits per heavy atom. The minimum Gasteiger partial charge on any atom is -0.497 e. The number of nitrogens with one attached hydrogen (secondary N) is 1. The molecule has 0 aliphatic heterocycles. The van der Waals surface area contributed by atoms with Gasteiger partial charge in [-0.1, -0.05) is 0 Å². The topological polar surface area (TPSA) is 102 Å². The molecule has 0 heterocycles. The van der Waals surface area contributed by atoms with E-state index in [-0.39, 0.29) is 17.2 Å². The SMILES string of the molecule is COc1ccc(C(=O)O)c(NC(=O)C(C)(C)C(C)(C)N)c1. The van der Waals surface area contributed by atoms with Crippen molar-refractivity contribution in [1.29, 1.82) is 0 Å². The maximum absolute atomic E-state index is 12.4. The number of nitrogens with two attached hydrogens (primary N) is 1. The molecule has 0 fully saturated rings. The largest absolute Gasteiger partial charge is 0.497 e. The number of ether oxygens (including phenoxy) is 1. The maximum atomic E-state index is 12.4. The van der Waals surface area contributed by atoms with Crippen LogP contribution >= 0.6 is 0 Å². The summed E-state index contributed by atoms with van der Waals surface area (Å²) < 4.78 is 5.06. The Kier molecular flexibility index (Phi) is 4.63. The molecule has 0 unspecified atom stereocenters. The van der Waals surface area contributed by atoms with E-state index in [2.05, 4.69) is 5.32 Å². The quantitative estimate of drug-likeness (QED) is 0.772. The fourth-order valence-corrected chi connectivity index (χ4v) is 1.51. The summed E-state index contributed by atoms with van der Waals surface area (Å²) in [4.78, 5) is 23.7. The van der Waals surface area contributed by atoms with Crippen LogP contribution in [0.3, 0.4) is 0 Å². The van der Waals surface area contributed by atoms with Gasteiger partial charge in [0.05, 0.1) is 23.8 Å². The number of carbonyl (C=O) groups is 2. The monoisotopic (exact) mass is 294 g/mol. The molecule has 1 aromatic rings. The molecule has 0 atom stereocenters. The number of hydrogen-bond donors (Lipinski definition) is 3. The Labute approximate surface area is 124 Å². The van der Waals surface area contributed by atoms with Crippen molar-refractivity contribution in [2.75, 3.05) is 12.4 Å². The predicted octanol–water partition coefficient (Wildman–Crippen LogP) is 2.10. The summed E-state index contributed by atoms with van der Waals surface area (Å²) in [5.41, 5.74) is 4.55. The van der Waals surface area contributed by atoms with E-state index in [1.807, 2.05) is 0 Å². The van der Waals surface area contributed by atoms with E-state index < -0.39 is 16.9 Å². The summed E-state index contributed by atoms with van der Waals surface area (Å²) in [5, 5.41) is 11.8. The van der Waals surface area contributed by atoms with Crippen LogP contribution in [0.5, 0.6) is 5.75 Å². The van der Waals surface area contributed by atoms with Crippen molar-refractivity contribution in [3.63, 3.8) is 0 Å². The van der Waals surface area contributed by atoms with E-state index in [1.54, 1.807) is 27.7 Å². The third-order valence-electron chi connectivity index (χ3n) is 3.88. The van der Waals surface area contributed by atoms with Gasteiger partial charge in [-0.15, -0.1) is 0 Å². The highest BCUT2D eigenvalue weighted by molar-refractivity contribution is 6.02. The Morgan fingerprint density at radius 3 is 2.24 bits per heavy atom. The third kappa shape index (κ3) is 3.52. The van der Waals surface area contributed by atoms with E-state index >= 15 is 0 Å². The first-order valence-corrected chi connectivity index (χ1v) is 6.52. The zero-order chi connectivity index (χ0) is 16.4. The molecule has 0 radical (unpaired) electrons. The first-order chi connectivity index (χ1) is 9.50. The molecule has 1 aromatic carbocycles. The molecule has 0 bridgehead atoms. The van der Waals surface area contributed by atoms with E-state index in [0.29, 0.717) is 5.75 Å². The third-order valence-corrected chi connectivity index (χ3v) is 3.88. The highest BCUT2D eigenvalue weighted by atomic mass is 16.5. The molecule has 1 amide bonds. The molecule has 0 aliphatic rings. The van der Waals surface area contributed by atoms with Crippen LogP contribution in [0, 0.1) is 5.41 Å². The van der Waals surface area contributed by atoms with Gasteiger partial charge in [0.25, 0.3) is 0 Å². The zero-order valence-corrected chi connectivity index (χ0v) is 13.0. The number of carboxylic acid groups (broad SMARTS) is 1. The lowest BCUT2D eigenvalue weighted by atomic mass is 9.74. The van der Waals surface area contributed by atoms with E-state index in [1.165, 1.54) is 25.3 Å². The van der Waals surface area contributed by atoms with Gasteiger partial charge in [0.1, 0.15) is 5.75 Å². The number of carbonyl (C=O) groups excluding carboxylic acids is 1. The Bertz CT molecular complexity index is 559. The highest BCUT2D eigenvalue weighted by Gasteiger charge is 2.40. The molecule has 116 valence electrons. The van der Waals surface area contributed by atoms with Crippen molar-refractivity contribution in [3.05, 3.63) is 23.8 Å². The predicted molar refractivity (Wildman–Crippen MR) is 80.6 cm³/mol. The lowest BCUT2D eigenvalue weighted by Crippen LogP contribution is -2.53. The van der Waals surface area contributed by atoms with Gasteiger partial charge in [-0.25, -0.2) is 4.79 Å². The summed E-state index contributed by atoms with van der Waals surface area (Å²) in [6.07, 6.45) is 0. The first-order valence-electron chi connectivity index (χ1n) is 6.52. The van der Waals surface area contributed by atoms with Crippen molar-refractivity contribution in [1.82, 2.24) is 0 Å². The summed E-state index contributed by atoms with van der Waals surface area (Å²) in [6.45, 7) is 6.92. The minimum absolute atomic E-state index is 0.00484. The van der Waals surface area contributed by atoms with Crippen LogP contribution in [0.15, 0.2) is 18.2 Å². The van der Waals surface area contributed by atoms with E-state index in [0.717, 1.165) is 0 Å². The van der Waals surface area contributed by atoms with Gasteiger partial charge in [-0.2, -0.15) is 0 Å². The highest BCUT2D eigenvalue weighted by Crippen LogP contribution is 2.31. The molecular weight excluding hydrogens is 272 g/mol. The number of aromatic carboxylic acids is 1. The molecular formula is C15H22N2O4. The fraction of sp³-hybridized carbons (Fsp3) is 0.467. The smallest absolute Gasteiger partial charge is 0.337 e. The first kappa shape index (κ1) is 17.0. The molecule has 0 spiro atoms. The Hall–Kier alpha value is -2.08. The molecule has 6 nitrogen and oxygen atoms in total. The van der Waals surface area contributed by atoms with Gasteiger partial charge < -0.3 is 20.9 Å². The van der Waals surface area contributed by atoms with Crippen LogP contribution in [0.2, 0.25) is 0 Å². The van der Waals surface area contributed by atoms with Gasteiger partial charge in [0.2, 0.25) is 5.91 Å². The molecule has 1 rings (SSSR count). The van der Waals surface area contributed by atoms with Crippen molar-refractivity contribution < 1.29 is 19.4 Å². The molecule has 21 heavy (non-hydrogen) atoms. The average molecular weight is 294 g/mol. The number of rotatable bonds is 5. The Morgan fingerprint density at radius 1 is 1.24 bits per heavy atom. The van der Waals surface area contributed by atoms with Crippen molar-refractivity contribution in [3.8, 4) is 5.75 Å². The van der Waals surface area contributed by atoms with Crippen LogP contribution in [0.1, 0.15) is 38.1 Å². The molecule has 0 aliphatic carbocycles. The second-order valence-electron chi connectivity index (χ2n) is 6.02. The second-order valence-corrected chi connectivity index (χ2v) is 6.02. The van der Waals surface area contributed by atoms with E-state index in [4.69, 9.17) is 10.5 Å². The van der Waals surface area contributed by atoms with Crippen LogP contribution in [-0.4, -0.2) is 29.6 Å². The van der Waals surface area contributed by atoms with Gasteiger partial charge in [-0.05, 0) is 39.8 Å². The number of amides is 1. The van der Waals surface area contributed by atoms with Gasteiger partial charge in [0, 0.05) is 11.6 Å². The standard InChI is InChI=1S/C15H22N2O4/c1-14(2,15(3,4)16)13(20)17-11-8-9(21-5)6-7-10(11)12(18)19/h6-8H,16H2,1-5H3,(H,17,20)(H,18,19). The molecule has 0 aromatic heterocycles. The van der Waals surface area contributed by atoms with Crippen LogP contribution in [0.4, 0.5) is 5.69 Å². The number of methoxy groups -OCH3 is 1. The molecule has 4 N–H and O–H groups in total. The minimum atomic E-state index is -1.13. The lowest BCUT2D eigenvalue weighted by Gasteiger charge is -2.37. The van der Waals surface area contributed by atoms with Gasteiger partial charge in [-0.3, -0.25) is 4.79 Å². The summed E-state index contributed by atoms with van der Waals surface area (Å²) in [5.74, 6) is -1.02. The van der Waals surface area contributed by atoms with Crippen LogP contribution in [0.25, 0.3) is 0 Å². The fourth-order valence-electron chi connectivity index (χ4n) is 1.51. The second kappa shape index (κ2) is 5.73. The van der Waals surface area contributed by atoms with Gasteiger partial charge >= 0.3 is 5.97 Å². The lowest BCUT2D eigenvalue weighted by molar-refractivity contribution is -0.126. The van der Waals surface area contributed by atoms with Crippen LogP contribution < -0.4 is 15.8 Å². The summed E-state index contributed by atoms with van der Waals surface area (Å²) >= 11 is 0. The van der Waals surface area contributed by atoms with Crippen molar-refractivity contribution in [2.24, 2.45) is 11.1 Å². The molecule has 0 saturated heterocycles. The normalized spacial score (nSPS) is 11.9. The molecule has 0 saturated carbocycles. The van der Waals surface area contributed by atoms with Crippen molar-refractivity contribution >= 4 is 17.6 Å². The van der Waals surface area contributed by atoms with Crippen molar-refractivity contribution in [2.45, 2.75) is 33.2 Å². The average Bonchev–Trinajstić information content (AvgIpc) is 2.36. The Balaban J connectivity index is 3.18. The number of carboxylic acids is 1. The summed E-state index contributed by atoms with van der Waals surface area (Å²) in [7, 11) is 1.47. The summed E-state index contributed by atoms with van der Waals surface area (Å²) in [6, 6.07) is 4.38. The molecule has 6 heteroatoms. The van der Waals surface area contributed by atoms with Crippen LogP contribution in [-0.2, 0) is 4.79 Å². The zero-order valence-electron chi connectivity index (χ0n) is 13.0. The van der Waals surface area contributed by atoms with E-state index in [9.17, 15) is 14.7 Å². The number of benzene rings is 1.